The first-order valence-electron chi connectivity index (χ1n) is 11.6. The van der Waals surface area contributed by atoms with Crippen LogP contribution in [0.5, 0.6) is 23.0 Å². The number of benzene rings is 1. The first kappa shape index (κ1) is 20.8. The molecule has 0 saturated heterocycles. The molecule has 9 heteroatoms. The number of hydrogen-bond donors (Lipinski definition) is 0. The zero-order valence-electron chi connectivity index (χ0n) is 21.6. The lowest BCUT2D eigenvalue weighted by Crippen LogP contribution is -2.43. The number of pyridine rings is 1. The van der Waals surface area contributed by atoms with Crippen LogP contribution in [0.15, 0.2) is 30.4 Å². The van der Waals surface area contributed by atoms with Gasteiger partial charge in [0, 0.05) is 18.5 Å². The summed E-state index contributed by atoms with van der Waals surface area (Å²) in [5.74, 6) is 0.969. The molecule has 2 aromatic heterocycles. The lowest BCUT2D eigenvalue weighted by Gasteiger charge is -2.30. The molecule has 0 spiro atoms. The zero-order valence-corrected chi connectivity index (χ0v) is 19.6. The molecule has 178 valence electrons. The lowest BCUT2D eigenvalue weighted by molar-refractivity contribution is -0.132. The van der Waals surface area contributed by atoms with Crippen LogP contribution in [0.4, 0.5) is 4.39 Å². The molecule has 0 aliphatic carbocycles. The van der Waals surface area contributed by atoms with Crippen molar-refractivity contribution in [3.05, 3.63) is 64.7 Å². The van der Waals surface area contributed by atoms with Gasteiger partial charge in [-0.15, -0.1) is 0 Å². The molecule has 8 nitrogen and oxygen atoms in total. The van der Waals surface area contributed by atoms with Crippen molar-refractivity contribution in [2.24, 2.45) is 0 Å². The van der Waals surface area contributed by atoms with Gasteiger partial charge in [-0.1, -0.05) is 0 Å². The molecule has 0 fully saturated rings. The fourth-order valence-electron chi connectivity index (χ4n) is 3.64. The number of nitrogens with zero attached hydrogens (tertiary/aromatic N) is 3. The summed E-state index contributed by atoms with van der Waals surface area (Å²) in [5, 5.41) is 0. The normalized spacial score (nSPS) is 15.1. The molecule has 0 bridgehead atoms. The minimum Gasteiger partial charge on any atom is -0.493 e. The minimum atomic E-state index is -1.10. The van der Waals surface area contributed by atoms with Crippen molar-refractivity contribution in [3.8, 4) is 23.0 Å². The molecule has 34 heavy (non-hydrogen) atoms. The molecule has 0 atom stereocenters. The standard InChI is InChI=1S/C25H26FN3O5/c1-25(2)22(30)12-18-19(34-25)7-6-15(28-18)11-17-16(26)13-27-23(29-17)10-14-8-20(31-3)24(33-5)21(9-14)32-4/h6-9,13H,10-12H2,1-5H3/i6D,7D. The number of ketones is 1. The average molecular weight is 470 g/mol. The van der Waals surface area contributed by atoms with Crippen molar-refractivity contribution in [2.45, 2.75) is 38.7 Å². The van der Waals surface area contributed by atoms with Gasteiger partial charge in [-0.2, -0.15) is 0 Å². The van der Waals surface area contributed by atoms with E-state index in [0.29, 0.717) is 23.1 Å². The maximum absolute atomic E-state index is 14.7. The molecule has 1 aromatic carbocycles. The molecule has 0 radical (unpaired) electrons. The molecule has 4 rings (SSSR count). The summed E-state index contributed by atoms with van der Waals surface area (Å²) in [6.07, 6.45) is 1.14. The largest absolute Gasteiger partial charge is 0.493 e. The van der Waals surface area contributed by atoms with Crippen LogP contribution in [-0.2, 0) is 24.1 Å². The van der Waals surface area contributed by atoms with E-state index in [2.05, 4.69) is 15.0 Å². The lowest BCUT2D eigenvalue weighted by atomic mass is 9.95. The van der Waals surface area contributed by atoms with Crippen LogP contribution >= 0.6 is 0 Å². The fourth-order valence-corrected chi connectivity index (χ4v) is 3.64. The number of fused-ring (bicyclic) bond motifs is 1. The Morgan fingerprint density at radius 3 is 2.44 bits per heavy atom. The second kappa shape index (κ2) is 9.24. The Morgan fingerprint density at radius 1 is 1.09 bits per heavy atom. The van der Waals surface area contributed by atoms with Crippen LogP contribution in [0.2, 0.25) is 0 Å². The summed E-state index contributed by atoms with van der Waals surface area (Å²) in [7, 11) is 4.53. The highest BCUT2D eigenvalue weighted by molar-refractivity contribution is 5.90. The molecule has 0 amide bonds. The Kier molecular flexibility index (Phi) is 5.66. The fraction of sp³-hybridized carbons (Fsp3) is 0.360. The van der Waals surface area contributed by atoms with Crippen molar-refractivity contribution in [2.75, 3.05) is 21.3 Å². The highest BCUT2D eigenvalue weighted by Gasteiger charge is 2.36. The van der Waals surface area contributed by atoms with Gasteiger partial charge in [0.2, 0.25) is 5.75 Å². The number of rotatable bonds is 7. The van der Waals surface area contributed by atoms with Gasteiger partial charge in [0.15, 0.2) is 28.7 Å². The summed E-state index contributed by atoms with van der Waals surface area (Å²) < 4.78 is 53.2. The van der Waals surface area contributed by atoms with Gasteiger partial charge in [-0.05, 0) is 43.6 Å². The summed E-state index contributed by atoms with van der Waals surface area (Å²) in [5.41, 5.74) is 0.0745. The second-order valence-electron chi connectivity index (χ2n) is 8.26. The van der Waals surface area contributed by atoms with E-state index < -0.39 is 11.4 Å². The molecule has 1 aliphatic rings. The van der Waals surface area contributed by atoms with Crippen LogP contribution in [0.3, 0.4) is 0 Å². The first-order valence-corrected chi connectivity index (χ1v) is 10.6. The number of hydrogen-bond acceptors (Lipinski definition) is 8. The number of carbonyl (C=O) groups is 1. The third kappa shape index (κ3) is 4.64. The number of Topliss-reactive ketones (excluding diaryl/α,β-unsaturated/α-hetero) is 1. The molecular formula is C25H26FN3O5. The molecular weight excluding hydrogens is 441 g/mol. The molecule has 0 saturated carbocycles. The maximum Gasteiger partial charge on any atom is 0.203 e. The van der Waals surface area contributed by atoms with E-state index >= 15 is 0 Å². The molecule has 0 unspecified atom stereocenters. The van der Waals surface area contributed by atoms with Gasteiger partial charge >= 0.3 is 0 Å². The van der Waals surface area contributed by atoms with Crippen LogP contribution in [0, 0.1) is 5.82 Å². The van der Waals surface area contributed by atoms with E-state index in [1.165, 1.54) is 21.3 Å². The van der Waals surface area contributed by atoms with E-state index in [1.54, 1.807) is 26.0 Å². The number of carbonyl (C=O) groups excluding carboxylic acids is 1. The SMILES string of the molecule is [2H]c1c(Cc2nc(Cc3cc(OC)c(OC)c(OC)c3)ncc2F)nc2c(c1[2H])OC(C)(C)C(=O)C2. The van der Waals surface area contributed by atoms with Crippen molar-refractivity contribution in [1.82, 2.24) is 15.0 Å². The number of ether oxygens (including phenoxy) is 4. The summed E-state index contributed by atoms with van der Waals surface area (Å²) >= 11 is 0. The summed E-state index contributed by atoms with van der Waals surface area (Å²) in [6, 6.07) is 3.11. The predicted octanol–water partition coefficient (Wildman–Crippen LogP) is 3.50. The Labute approximate surface area is 199 Å². The Hall–Kier alpha value is -3.75. The van der Waals surface area contributed by atoms with Gasteiger partial charge in [0.05, 0.1) is 48.1 Å². The summed E-state index contributed by atoms with van der Waals surface area (Å²) in [6.45, 7) is 3.22. The highest BCUT2D eigenvalue weighted by Crippen LogP contribution is 2.38. The Bertz CT molecular complexity index is 1320. The Balaban J connectivity index is 1.66. The van der Waals surface area contributed by atoms with Gasteiger partial charge < -0.3 is 18.9 Å². The van der Waals surface area contributed by atoms with E-state index in [9.17, 15) is 9.18 Å². The first-order chi connectivity index (χ1) is 17.1. The van der Waals surface area contributed by atoms with Crippen LogP contribution < -0.4 is 18.9 Å². The molecule has 0 N–H and O–H groups in total. The molecule has 3 heterocycles. The van der Waals surface area contributed by atoms with Crippen molar-refractivity contribution in [3.63, 3.8) is 0 Å². The number of aromatic nitrogens is 3. The molecule has 1 aliphatic heterocycles. The van der Waals surface area contributed by atoms with E-state index in [1.807, 2.05) is 0 Å². The smallest absolute Gasteiger partial charge is 0.203 e. The Morgan fingerprint density at radius 2 is 1.79 bits per heavy atom. The van der Waals surface area contributed by atoms with Crippen LogP contribution in [-0.4, -0.2) is 47.7 Å². The number of methoxy groups -OCH3 is 3. The third-order valence-corrected chi connectivity index (χ3v) is 5.50. The second-order valence-corrected chi connectivity index (χ2v) is 8.26. The van der Waals surface area contributed by atoms with Crippen molar-refractivity contribution in [1.29, 1.82) is 0 Å². The maximum atomic E-state index is 14.7. The monoisotopic (exact) mass is 469 g/mol. The average Bonchev–Trinajstić information content (AvgIpc) is 2.85. The predicted molar refractivity (Wildman–Crippen MR) is 121 cm³/mol. The van der Waals surface area contributed by atoms with E-state index in [-0.39, 0.29) is 60.0 Å². The number of halogens is 1. The van der Waals surface area contributed by atoms with Gasteiger partial charge in [-0.3, -0.25) is 9.78 Å². The van der Waals surface area contributed by atoms with Gasteiger partial charge in [0.1, 0.15) is 11.6 Å². The zero-order chi connectivity index (χ0) is 26.2. The van der Waals surface area contributed by atoms with Gasteiger partial charge in [-0.25, -0.2) is 14.4 Å². The van der Waals surface area contributed by atoms with E-state index in [4.69, 9.17) is 21.7 Å². The van der Waals surface area contributed by atoms with Crippen LogP contribution in [0.25, 0.3) is 0 Å². The molecule has 3 aromatic rings. The topological polar surface area (TPSA) is 92.7 Å². The van der Waals surface area contributed by atoms with Crippen molar-refractivity contribution < 1.29 is 30.9 Å². The third-order valence-electron chi connectivity index (χ3n) is 5.50. The quantitative estimate of drug-likeness (QED) is 0.519. The van der Waals surface area contributed by atoms with Crippen molar-refractivity contribution >= 4 is 5.78 Å². The summed E-state index contributed by atoms with van der Waals surface area (Å²) in [4.78, 5) is 25.2. The highest BCUT2D eigenvalue weighted by atomic mass is 19.1. The van der Waals surface area contributed by atoms with Gasteiger partial charge in [0.25, 0.3) is 0 Å². The minimum absolute atomic E-state index is 0.0242. The van der Waals surface area contributed by atoms with E-state index in [0.717, 1.165) is 11.8 Å². The van der Waals surface area contributed by atoms with Crippen LogP contribution in [0.1, 0.15) is 45.1 Å².